The first kappa shape index (κ1) is 28.4. The van der Waals surface area contributed by atoms with Crippen molar-refractivity contribution in [1.82, 2.24) is 0 Å². The van der Waals surface area contributed by atoms with Crippen molar-refractivity contribution in [2.45, 2.75) is 119 Å². The van der Waals surface area contributed by atoms with Crippen LogP contribution in [0.3, 0.4) is 0 Å². The fourth-order valence-electron chi connectivity index (χ4n) is 3.38. The van der Waals surface area contributed by atoms with E-state index in [4.69, 9.17) is 5.41 Å². The molecule has 0 radical (unpaired) electrons. The molecule has 0 heterocycles. The van der Waals surface area contributed by atoms with E-state index in [1.807, 2.05) is 6.92 Å². The fourth-order valence-corrected chi connectivity index (χ4v) is 3.38. The van der Waals surface area contributed by atoms with Crippen LogP contribution in [0.5, 0.6) is 0 Å². The van der Waals surface area contributed by atoms with Crippen molar-refractivity contribution in [2.24, 2.45) is 0 Å². The monoisotopic (exact) mass is 411 g/mol. The van der Waals surface area contributed by atoms with Gasteiger partial charge in [0.15, 0.2) is 0 Å². The van der Waals surface area contributed by atoms with Crippen molar-refractivity contribution in [3.8, 4) is 0 Å². The lowest BCUT2D eigenvalue weighted by molar-refractivity contribution is 0.835. The average molecular weight is 412 g/mol. The van der Waals surface area contributed by atoms with Crippen LogP contribution in [0.4, 0.5) is 0 Å². The van der Waals surface area contributed by atoms with Crippen molar-refractivity contribution in [1.29, 1.82) is 5.41 Å². The Bertz CT molecular complexity index is 633. The highest BCUT2D eigenvalue weighted by Crippen LogP contribution is 2.14. The Hall–Kier alpha value is -1.63. The van der Waals surface area contributed by atoms with E-state index in [-0.39, 0.29) is 0 Å². The van der Waals surface area contributed by atoms with Gasteiger partial charge in [0.1, 0.15) is 0 Å². The molecular formula is C29H49N. The number of hydrogen-bond acceptors (Lipinski definition) is 1. The SMILES string of the molecule is CC(=N)CCCC(C)=CCCC(C)=CCCC=C(C)CCC=C(C)CCC=C(C)C. The summed E-state index contributed by atoms with van der Waals surface area (Å²) in [6.07, 6.45) is 24.5. The predicted molar refractivity (Wildman–Crippen MR) is 139 cm³/mol. The third kappa shape index (κ3) is 19.7. The highest BCUT2D eigenvalue weighted by molar-refractivity contribution is 5.78. The van der Waals surface area contributed by atoms with E-state index in [0.717, 1.165) is 44.2 Å². The van der Waals surface area contributed by atoms with Gasteiger partial charge < -0.3 is 5.41 Å². The van der Waals surface area contributed by atoms with Crippen LogP contribution < -0.4 is 0 Å². The van der Waals surface area contributed by atoms with E-state index < -0.39 is 0 Å². The molecule has 1 N–H and O–H groups in total. The van der Waals surface area contributed by atoms with Gasteiger partial charge in [-0.1, -0.05) is 58.2 Å². The molecule has 0 rings (SSSR count). The van der Waals surface area contributed by atoms with Gasteiger partial charge >= 0.3 is 0 Å². The summed E-state index contributed by atoms with van der Waals surface area (Å²) >= 11 is 0. The molecule has 1 nitrogen and oxygen atoms in total. The molecule has 0 aliphatic carbocycles. The van der Waals surface area contributed by atoms with Gasteiger partial charge in [0, 0.05) is 5.71 Å². The van der Waals surface area contributed by atoms with E-state index in [2.05, 4.69) is 71.9 Å². The fraction of sp³-hybridized carbons (Fsp3) is 0.621. The number of allylic oxidation sites excluding steroid dienone is 10. The minimum atomic E-state index is 0.799. The molecule has 30 heavy (non-hydrogen) atoms. The molecule has 170 valence electrons. The summed E-state index contributed by atoms with van der Waals surface area (Å²) in [5.74, 6) is 0. The van der Waals surface area contributed by atoms with Crippen LogP contribution in [0.15, 0.2) is 58.2 Å². The first-order valence-electron chi connectivity index (χ1n) is 12.0. The average Bonchev–Trinajstić information content (AvgIpc) is 2.64. The second kappa shape index (κ2) is 18.2. The Morgan fingerprint density at radius 3 is 1.23 bits per heavy atom. The van der Waals surface area contributed by atoms with Crippen molar-refractivity contribution in [2.75, 3.05) is 0 Å². The van der Waals surface area contributed by atoms with Crippen molar-refractivity contribution >= 4 is 5.71 Å². The van der Waals surface area contributed by atoms with Crippen molar-refractivity contribution in [3.63, 3.8) is 0 Å². The molecule has 0 spiro atoms. The molecule has 0 saturated heterocycles. The minimum Gasteiger partial charge on any atom is -0.310 e. The number of rotatable bonds is 16. The third-order valence-corrected chi connectivity index (χ3v) is 5.43. The third-order valence-electron chi connectivity index (χ3n) is 5.43. The zero-order valence-corrected chi connectivity index (χ0v) is 21.2. The summed E-state index contributed by atoms with van der Waals surface area (Å²) < 4.78 is 0. The molecule has 0 atom stereocenters. The molecular weight excluding hydrogens is 362 g/mol. The van der Waals surface area contributed by atoms with Crippen LogP contribution in [0.2, 0.25) is 0 Å². The molecule has 0 fully saturated rings. The van der Waals surface area contributed by atoms with Gasteiger partial charge in [-0.25, -0.2) is 0 Å². The lowest BCUT2D eigenvalue weighted by atomic mass is 10.0. The Kier molecular flexibility index (Phi) is 17.2. The molecule has 0 saturated carbocycles. The topological polar surface area (TPSA) is 23.9 Å². The highest BCUT2D eigenvalue weighted by atomic mass is 14.4. The normalized spacial score (nSPS) is 13.6. The standard InChI is InChI=1S/C29H49N/c1-24(2)14-10-17-27(5)20-11-18-25(3)15-8-9-16-26(4)19-12-21-28(6)22-13-23-29(7)30/h14-16,20-21,30H,8-13,17-19,22-23H2,1-7H3. The summed E-state index contributed by atoms with van der Waals surface area (Å²) in [6, 6.07) is 0. The zero-order chi connectivity index (χ0) is 22.8. The Morgan fingerprint density at radius 1 is 0.467 bits per heavy atom. The van der Waals surface area contributed by atoms with E-state index in [1.165, 1.54) is 60.0 Å². The maximum atomic E-state index is 7.49. The van der Waals surface area contributed by atoms with E-state index >= 15 is 0 Å². The summed E-state index contributed by atoms with van der Waals surface area (Å²) in [5, 5.41) is 7.49. The van der Waals surface area contributed by atoms with Gasteiger partial charge in [0.25, 0.3) is 0 Å². The lowest BCUT2D eigenvalue weighted by Crippen LogP contribution is -1.88. The summed E-state index contributed by atoms with van der Waals surface area (Å²) in [6.45, 7) is 15.3. The smallest absolute Gasteiger partial charge is 0.00583 e. The van der Waals surface area contributed by atoms with Crippen molar-refractivity contribution in [3.05, 3.63) is 58.2 Å². The molecule has 0 aliphatic heterocycles. The second-order valence-electron chi connectivity index (χ2n) is 9.31. The van der Waals surface area contributed by atoms with Gasteiger partial charge in [0.05, 0.1) is 0 Å². The molecule has 1 heteroatoms. The summed E-state index contributed by atoms with van der Waals surface area (Å²) in [7, 11) is 0. The highest BCUT2D eigenvalue weighted by Gasteiger charge is 1.95. The lowest BCUT2D eigenvalue weighted by Gasteiger charge is -2.03. The van der Waals surface area contributed by atoms with Gasteiger partial charge in [0.2, 0.25) is 0 Å². The van der Waals surface area contributed by atoms with Gasteiger partial charge in [-0.3, -0.25) is 0 Å². The van der Waals surface area contributed by atoms with E-state index in [9.17, 15) is 0 Å². The predicted octanol–water partition coefficient (Wildman–Crippen LogP) is 10.1. The number of hydrogen-bond donors (Lipinski definition) is 1. The van der Waals surface area contributed by atoms with Gasteiger partial charge in [-0.05, 0) is 119 Å². The van der Waals surface area contributed by atoms with Crippen LogP contribution in [0.25, 0.3) is 0 Å². The Labute approximate surface area is 188 Å². The molecule has 0 unspecified atom stereocenters. The largest absolute Gasteiger partial charge is 0.310 e. The van der Waals surface area contributed by atoms with Gasteiger partial charge in [-0.2, -0.15) is 0 Å². The van der Waals surface area contributed by atoms with Crippen LogP contribution in [-0.2, 0) is 0 Å². The van der Waals surface area contributed by atoms with Crippen LogP contribution in [-0.4, -0.2) is 5.71 Å². The first-order valence-corrected chi connectivity index (χ1v) is 12.0. The molecule has 0 aromatic carbocycles. The molecule has 0 bridgehead atoms. The molecule has 0 aromatic heterocycles. The molecule has 0 amide bonds. The van der Waals surface area contributed by atoms with Crippen LogP contribution in [0.1, 0.15) is 119 Å². The van der Waals surface area contributed by atoms with Crippen LogP contribution >= 0.6 is 0 Å². The Balaban J connectivity index is 4.02. The summed E-state index contributed by atoms with van der Waals surface area (Å²) in [5.41, 5.74) is 8.25. The quantitative estimate of drug-likeness (QED) is 0.148. The summed E-state index contributed by atoms with van der Waals surface area (Å²) in [4.78, 5) is 0. The Morgan fingerprint density at radius 2 is 0.833 bits per heavy atom. The minimum absolute atomic E-state index is 0.799. The first-order chi connectivity index (χ1) is 14.2. The zero-order valence-electron chi connectivity index (χ0n) is 21.2. The van der Waals surface area contributed by atoms with Gasteiger partial charge in [-0.15, -0.1) is 0 Å². The maximum Gasteiger partial charge on any atom is 0.00583 e. The number of nitrogens with one attached hydrogen (secondary N) is 1. The number of unbranched alkanes of at least 4 members (excludes halogenated alkanes) is 1. The van der Waals surface area contributed by atoms with Crippen molar-refractivity contribution < 1.29 is 0 Å². The van der Waals surface area contributed by atoms with E-state index in [0.29, 0.717) is 0 Å². The maximum absolute atomic E-state index is 7.49. The molecule has 0 aromatic rings. The second-order valence-corrected chi connectivity index (χ2v) is 9.31. The van der Waals surface area contributed by atoms with Crippen LogP contribution in [0, 0.1) is 5.41 Å². The van der Waals surface area contributed by atoms with E-state index in [1.54, 1.807) is 0 Å². The molecule has 0 aliphatic rings.